The van der Waals surface area contributed by atoms with E-state index in [2.05, 4.69) is 24.5 Å². The van der Waals surface area contributed by atoms with E-state index in [1.54, 1.807) is 0 Å². The summed E-state index contributed by atoms with van der Waals surface area (Å²) in [6.45, 7) is 4.79. The molecule has 0 aromatic rings. The van der Waals surface area contributed by atoms with Gasteiger partial charge in [-0.1, -0.05) is 26.7 Å². The van der Waals surface area contributed by atoms with Crippen LogP contribution in [0, 0.1) is 17.8 Å². The van der Waals surface area contributed by atoms with E-state index in [0.717, 1.165) is 32.1 Å². The highest BCUT2D eigenvalue weighted by molar-refractivity contribution is 5.85. The zero-order chi connectivity index (χ0) is 18.2. The molecule has 5 nitrogen and oxygen atoms in total. The second-order valence-electron chi connectivity index (χ2n) is 8.54. The van der Waals surface area contributed by atoms with E-state index in [1.165, 1.54) is 25.7 Å². The van der Waals surface area contributed by atoms with Crippen molar-refractivity contribution in [2.45, 2.75) is 90.1 Å². The minimum atomic E-state index is 0. The molecule has 2 fully saturated rings. The molecule has 0 saturated heterocycles. The summed E-state index contributed by atoms with van der Waals surface area (Å²) in [5, 5.41) is 6.31. The summed E-state index contributed by atoms with van der Waals surface area (Å²) in [4.78, 5) is 24.6. The molecule has 2 aliphatic rings. The maximum Gasteiger partial charge on any atom is 0.223 e. The quantitative estimate of drug-likeness (QED) is 0.598. The molecule has 152 valence electrons. The first-order chi connectivity index (χ1) is 12.0. The van der Waals surface area contributed by atoms with E-state index in [1.807, 2.05) is 0 Å². The number of halogens is 1. The van der Waals surface area contributed by atoms with Crippen molar-refractivity contribution < 1.29 is 9.59 Å². The standard InChI is InChI=1S/C20H37N3O2.ClH/c1-14(2)11-18(13-21)23-20(25)16-7-9-17(10-8-16)22-19(24)12-15-5-3-4-6-15;/h14-18H,3-13,21H2,1-2H3,(H,22,24)(H,23,25);1H. The lowest BCUT2D eigenvalue weighted by Crippen LogP contribution is -2.46. The SMILES string of the molecule is CC(C)CC(CN)NC(=O)C1CCC(NC(=O)CC2CCCC2)CC1.Cl. The van der Waals surface area contributed by atoms with Crippen LogP contribution in [0.25, 0.3) is 0 Å². The Bertz CT molecular complexity index is 431. The van der Waals surface area contributed by atoms with E-state index in [0.29, 0.717) is 24.8 Å². The van der Waals surface area contributed by atoms with Crippen molar-refractivity contribution in [1.82, 2.24) is 10.6 Å². The molecule has 6 heteroatoms. The molecule has 0 bridgehead atoms. The fourth-order valence-corrected chi connectivity index (χ4v) is 4.37. The fraction of sp³-hybridized carbons (Fsp3) is 0.900. The number of hydrogen-bond acceptors (Lipinski definition) is 3. The van der Waals surface area contributed by atoms with E-state index < -0.39 is 0 Å². The summed E-state index contributed by atoms with van der Waals surface area (Å²) in [6.07, 6.45) is 10.1. The first kappa shape index (κ1) is 23.2. The molecular weight excluding hydrogens is 350 g/mol. The Balaban J connectivity index is 0.00000338. The Morgan fingerprint density at radius 2 is 1.65 bits per heavy atom. The van der Waals surface area contributed by atoms with Gasteiger partial charge in [0.15, 0.2) is 0 Å². The number of carbonyl (C=O) groups excluding carboxylic acids is 2. The second-order valence-corrected chi connectivity index (χ2v) is 8.54. The van der Waals surface area contributed by atoms with Crippen molar-refractivity contribution in [1.29, 1.82) is 0 Å². The van der Waals surface area contributed by atoms with Crippen molar-refractivity contribution in [3.8, 4) is 0 Å². The lowest BCUT2D eigenvalue weighted by Gasteiger charge is -2.30. The molecule has 2 saturated carbocycles. The topological polar surface area (TPSA) is 84.2 Å². The van der Waals surface area contributed by atoms with Gasteiger partial charge in [0.2, 0.25) is 11.8 Å². The summed E-state index contributed by atoms with van der Waals surface area (Å²) in [5.74, 6) is 1.55. The average molecular weight is 388 g/mol. The van der Waals surface area contributed by atoms with Gasteiger partial charge >= 0.3 is 0 Å². The van der Waals surface area contributed by atoms with Gasteiger partial charge in [-0.05, 0) is 56.8 Å². The minimum Gasteiger partial charge on any atom is -0.353 e. The van der Waals surface area contributed by atoms with Gasteiger partial charge < -0.3 is 16.4 Å². The Morgan fingerprint density at radius 1 is 1.04 bits per heavy atom. The van der Waals surface area contributed by atoms with Crippen LogP contribution in [0.2, 0.25) is 0 Å². The van der Waals surface area contributed by atoms with Gasteiger partial charge in [0.25, 0.3) is 0 Å². The van der Waals surface area contributed by atoms with Crippen molar-refractivity contribution in [2.75, 3.05) is 6.54 Å². The highest BCUT2D eigenvalue weighted by atomic mass is 35.5. The Morgan fingerprint density at radius 3 is 2.19 bits per heavy atom. The number of carbonyl (C=O) groups is 2. The molecule has 26 heavy (non-hydrogen) atoms. The van der Waals surface area contributed by atoms with Crippen LogP contribution in [0.1, 0.15) is 78.1 Å². The van der Waals surface area contributed by atoms with E-state index in [9.17, 15) is 9.59 Å². The minimum absolute atomic E-state index is 0. The second kappa shape index (κ2) is 11.8. The van der Waals surface area contributed by atoms with Crippen molar-refractivity contribution in [2.24, 2.45) is 23.5 Å². The van der Waals surface area contributed by atoms with Crippen molar-refractivity contribution in [3.05, 3.63) is 0 Å². The van der Waals surface area contributed by atoms with E-state index >= 15 is 0 Å². The van der Waals surface area contributed by atoms with Gasteiger partial charge in [0.1, 0.15) is 0 Å². The van der Waals surface area contributed by atoms with Crippen LogP contribution in [0.5, 0.6) is 0 Å². The Labute approximate surface area is 165 Å². The van der Waals surface area contributed by atoms with Crippen LogP contribution in [-0.2, 0) is 9.59 Å². The van der Waals surface area contributed by atoms with Crippen molar-refractivity contribution in [3.63, 3.8) is 0 Å². The van der Waals surface area contributed by atoms with Gasteiger partial charge in [-0.25, -0.2) is 0 Å². The summed E-state index contributed by atoms with van der Waals surface area (Å²) in [6, 6.07) is 0.329. The molecule has 0 heterocycles. The molecule has 0 spiro atoms. The van der Waals surface area contributed by atoms with Gasteiger partial charge in [-0.2, -0.15) is 0 Å². The summed E-state index contributed by atoms with van der Waals surface area (Å²) >= 11 is 0. The molecule has 2 amide bonds. The number of hydrogen-bond donors (Lipinski definition) is 3. The number of rotatable bonds is 8. The smallest absolute Gasteiger partial charge is 0.223 e. The summed E-state index contributed by atoms with van der Waals surface area (Å²) < 4.78 is 0. The normalized spacial score (nSPS) is 24.8. The Kier molecular flexibility index (Phi) is 10.6. The highest BCUT2D eigenvalue weighted by Crippen LogP contribution is 2.28. The highest BCUT2D eigenvalue weighted by Gasteiger charge is 2.28. The molecule has 1 unspecified atom stereocenters. The van der Waals surface area contributed by atoms with Crippen LogP contribution >= 0.6 is 12.4 Å². The van der Waals surface area contributed by atoms with Crippen molar-refractivity contribution >= 4 is 24.2 Å². The summed E-state index contributed by atoms with van der Waals surface area (Å²) in [7, 11) is 0. The first-order valence-electron chi connectivity index (χ1n) is 10.3. The molecular formula is C20H38ClN3O2. The molecule has 0 aromatic carbocycles. The van der Waals surface area contributed by atoms with Crippen LogP contribution < -0.4 is 16.4 Å². The third kappa shape index (κ3) is 7.83. The average Bonchev–Trinajstić information content (AvgIpc) is 3.07. The van der Waals surface area contributed by atoms with Crippen LogP contribution in [0.3, 0.4) is 0 Å². The zero-order valence-corrected chi connectivity index (χ0v) is 17.3. The molecule has 4 N–H and O–H groups in total. The van der Waals surface area contributed by atoms with Gasteiger partial charge in [0.05, 0.1) is 0 Å². The van der Waals surface area contributed by atoms with Gasteiger partial charge in [0, 0.05) is 31.0 Å². The lowest BCUT2D eigenvalue weighted by molar-refractivity contribution is -0.127. The van der Waals surface area contributed by atoms with E-state index in [4.69, 9.17) is 5.73 Å². The number of amides is 2. The summed E-state index contributed by atoms with van der Waals surface area (Å²) in [5.41, 5.74) is 5.78. The predicted molar refractivity (Wildman–Crippen MR) is 108 cm³/mol. The van der Waals surface area contributed by atoms with E-state index in [-0.39, 0.29) is 42.2 Å². The molecule has 1 atom stereocenters. The molecule has 2 aliphatic carbocycles. The third-order valence-corrected chi connectivity index (χ3v) is 5.80. The lowest BCUT2D eigenvalue weighted by atomic mass is 9.85. The third-order valence-electron chi connectivity index (χ3n) is 5.80. The monoisotopic (exact) mass is 387 g/mol. The van der Waals surface area contributed by atoms with Gasteiger partial charge in [-0.3, -0.25) is 9.59 Å². The molecule has 0 aliphatic heterocycles. The van der Waals surface area contributed by atoms with Crippen LogP contribution in [0.15, 0.2) is 0 Å². The molecule has 0 radical (unpaired) electrons. The molecule has 2 rings (SSSR count). The number of nitrogens with one attached hydrogen (secondary N) is 2. The van der Waals surface area contributed by atoms with Crippen LogP contribution in [0.4, 0.5) is 0 Å². The fourth-order valence-electron chi connectivity index (χ4n) is 4.37. The zero-order valence-electron chi connectivity index (χ0n) is 16.5. The maximum atomic E-state index is 12.5. The Hall–Kier alpha value is -0.810. The number of nitrogens with two attached hydrogens (primary N) is 1. The van der Waals surface area contributed by atoms with Gasteiger partial charge in [-0.15, -0.1) is 12.4 Å². The molecule has 0 aromatic heterocycles. The first-order valence-corrected chi connectivity index (χ1v) is 10.3. The van der Waals surface area contributed by atoms with Crippen LogP contribution in [-0.4, -0.2) is 30.4 Å². The predicted octanol–water partition coefficient (Wildman–Crippen LogP) is 3.15. The maximum absolute atomic E-state index is 12.5. The largest absolute Gasteiger partial charge is 0.353 e.